The second-order valence-electron chi connectivity index (χ2n) is 9.13. The highest BCUT2D eigenvalue weighted by Gasteiger charge is 2.24. The van der Waals surface area contributed by atoms with Crippen molar-refractivity contribution in [2.24, 2.45) is 5.92 Å². The summed E-state index contributed by atoms with van der Waals surface area (Å²) < 4.78 is 5.58. The van der Waals surface area contributed by atoms with E-state index in [0.29, 0.717) is 19.1 Å². The van der Waals surface area contributed by atoms with E-state index in [-0.39, 0.29) is 5.91 Å². The van der Waals surface area contributed by atoms with Crippen LogP contribution in [-0.2, 0) is 24.1 Å². The number of nitrogens with zero attached hydrogens (tertiary/aromatic N) is 3. The first kappa shape index (κ1) is 23.2. The van der Waals surface area contributed by atoms with Crippen LogP contribution in [0.2, 0.25) is 0 Å². The van der Waals surface area contributed by atoms with Crippen molar-refractivity contribution >= 4 is 17.2 Å². The van der Waals surface area contributed by atoms with Gasteiger partial charge >= 0.3 is 0 Å². The number of hydrogen-bond donors (Lipinski definition) is 1. The molecule has 2 aromatic heterocycles. The van der Waals surface area contributed by atoms with E-state index in [0.717, 1.165) is 60.5 Å². The zero-order valence-corrected chi connectivity index (χ0v) is 20.3. The standard InChI is InChI=1S/C25H36N4O2S/c1-3-31-25-9-6-20-11-14-29(15-12-23(20)28-25)13-10-19-4-7-21(8-5-19)27-24(30)16-22-17-26-18(2)32-22/h6,9,17,19,21H,3-5,7-8,10-16H2,1-2H3,(H,27,30). The summed E-state index contributed by atoms with van der Waals surface area (Å²) in [6.45, 7) is 8.00. The van der Waals surface area contributed by atoms with Crippen molar-refractivity contribution in [2.75, 3.05) is 26.2 Å². The van der Waals surface area contributed by atoms with Crippen molar-refractivity contribution in [3.63, 3.8) is 0 Å². The molecule has 3 heterocycles. The normalized spacial score (nSPS) is 21.6. The number of nitrogens with one attached hydrogen (secondary N) is 1. The molecule has 0 radical (unpaired) electrons. The molecular weight excluding hydrogens is 420 g/mol. The predicted octanol–water partition coefficient (Wildman–Crippen LogP) is 3.95. The van der Waals surface area contributed by atoms with Crippen molar-refractivity contribution in [1.82, 2.24) is 20.2 Å². The average molecular weight is 457 g/mol. The number of carbonyl (C=O) groups is 1. The molecule has 4 rings (SSSR count). The summed E-state index contributed by atoms with van der Waals surface area (Å²) in [5.74, 6) is 1.67. The molecule has 1 fully saturated rings. The van der Waals surface area contributed by atoms with Gasteiger partial charge in [0.05, 0.1) is 18.0 Å². The van der Waals surface area contributed by atoms with Crippen molar-refractivity contribution in [3.05, 3.63) is 39.5 Å². The number of hydrogen-bond acceptors (Lipinski definition) is 6. The SMILES string of the molecule is CCOc1ccc2c(n1)CCN(CCC1CCC(NC(=O)Cc3cnc(C)s3)CC1)CC2. The summed E-state index contributed by atoms with van der Waals surface area (Å²) in [6, 6.07) is 4.54. The van der Waals surface area contributed by atoms with Gasteiger partial charge in [-0.05, 0) is 70.4 Å². The summed E-state index contributed by atoms with van der Waals surface area (Å²) in [6.07, 6.45) is 10.3. The summed E-state index contributed by atoms with van der Waals surface area (Å²) >= 11 is 1.61. The number of rotatable bonds is 8. The minimum atomic E-state index is 0.141. The van der Waals surface area contributed by atoms with E-state index in [4.69, 9.17) is 9.72 Å². The number of carbonyl (C=O) groups excluding carboxylic acids is 1. The predicted molar refractivity (Wildman–Crippen MR) is 128 cm³/mol. The van der Waals surface area contributed by atoms with Gasteiger partial charge in [0.15, 0.2) is 0 Å². The minimum Gasteiger partial charge on any atom is -0.478 e. The summed E-state index contributed by atoms with van der Waals surface area (Å²) in [5.41, 5.74) is 2.59. The van der Waals surface area contributed by atoms with Crippen LogP contribution in [0.1, 0.15) is 60.2 Å². The van der Waals surface area contributed by atoms with Crippen LogP contribution in [0.4, 0.5) is 0 Å². The molecule has 0 saturated heterocycles. The molecule has 1 aliphatic heterocycles. The molecule has 1 aliphatic carbocycles. The number of aromatic nitrogens is 2. The highest BCUT2D eigenvalue weighted by Crippen LogP contribution is 2.28. The van der Waals surface area contributed by atoms with Crippen LogP contribution in [0, 0.1) is 12.8 Å². The van der Waals surface area contributed by atoms with Gasteiger partial charge in [0.25, 0.3) is 0 Å². The van der Waals surface area contributed by atoms with Gasteiger partial charge in [-0.15, -0.1) is 11.3 Å². The number of aryl methyl sites for hydroxylation is 1. The Hall–Kier alpha value is -1.99. The van der Waals surface area contributed by atoms with Gasteiger partial charge in [-0.1, -0.05) is 6.07 Å². The lowest BCUT2D eigenvalue weighted by Gasteiger charge is -2.30. The molecule has 1 saturated carbocycles. The Morgan fingerprint density at radius 3 is 2.78 bits per heavy atom. The molecule has 32 heavy (non-hydrogen) atoms. The van der Waals surface area contributed by atoms with E-state index in [9.17, 15) is 4.79 Å². The lowest BCUT2D eigenvalue weighted by atomic mass is 9.84. The van der Waals surface area contributed by atoms with Gasteiger partial charge in [0, 0.05) is 48.4 Å². The molecule has 0 bridgehead atoms. The number of fused-ring (bicyclic) bond motifs is 1. The van der Waals surface area contributed by atoms with E-state index in [2.05, 4.69) is 21.3 Å². The van der Waals surface area contributed by atoms with Gasteiger partial charge in [-0.2, -0.15) is 0 Å². The highest BCUT2D eigenvalue weighted by molar-refractivity contribution is 7.11. The van der Waals surface area contributed by atoms with E-state index in [1.54, 1.807) is 11.3 Å². The molecule has 6 nitrogen and oxygen atoms in total. The van der Waals surface area contributed by atoms with Crippen LogP contribution in [-0.4, -0.2) is 53.1 Å². The summed E-state index contributed by atoms with van der Waals surface area (Å²) in [4.78, 5) is 25.0. The molecule has 0 unspecified atom stereocenters. The maximum absolute atomic E-state index is 12.3. The van der Waals surface area contributed by atoms with E-state index >= 15 is 0 Å². The first-order chi connectivity index (χ1) is 15.6. The fraction of sp³-hybridized carbons (Fsp3) is 0.640. The molecular formula is C25H36N4O2S. The van der Waals surface area contributed by atoms with Crippen LogP contribution < -0.4 is 10.1 Å². The van der Waals surface area contributed by atoms with Gasteiger partial charge < -0.3 is 15.0 Å². The van der Waals surface area contributed by atoms with Crippen LogP contribution in [0.25, 0.3) is 0 Å². The Kier molecular flexibility index (Phi) is 8.14. The second-order valence-corrected chi connectivity index (χ2v) is 10.4. The third-order valence-electron chi connectivity index (χ3n) is 6.77. The first-order valence-electron chi connectivity index (χ1n) is 12.1. The quantitative estimate of drug-likeness (QED) is 0.651. The fourth-order valence-electron chi connectivity index (χ4n) is 4.95. The van der Waals surface area contributed by atoms with Crippen molar-refractivity contribution in [3.8, 4) is 5.88 Å². The van der Waals surface area contributed by atoms with Crippen molar-refractivity contribution in [2.45, 2.75) is 71.3 Å². The Bertz CT molecular complexity index is 892. The zero-order valence-electron chi connectivity index (χ0n) is 19.4. The molecule has 2 aromatic rings. The molecule has 7 heteroatoms. The highest BCUT2D eigenvalue weighted by atomic mass is 32.1. The Labute approximate surface area is 195 Å². The Morgan fingerprint density at radius 2 is 2.03 bits per heavy atom. The molecule has 0 spiro atoms. The van der Waals surface area contributed by atoms with Crippen LogP contribution in [0.15, 0.2) is 18.3 Å². The monoisotopic (exact) mass is 456 g/mol. The smallest absolute Gasteiger partial charge is 0.225 e. The third kappa shape index (κ3) is 6.51. The Balaban J connectivity index is 1.15. The Morgan fingerprint density at radius 1 is 1.22 bits per heavy atom. The number of thiazole rings is 1. The van der Waals surface area contributed by atoms with E-state index in [1.807, 2.05) is 26.1 Å². The average Bonchev–Trinajstić information content (AvgIpc) is 3.08. The molecule has 0 atom stereocenters. The van der Waals surface area contributed by atoms with Crippen LogP contribution in [0.5, 0.6) is 5.88 Å². The topological polar surface area (TPSA) is 67.3 Å². The number of amides is 1. The van der Waals surface area contributed by atoms with Gasteiger partial charge in [-0.3, -0.25) is 4.79 Å². The number of ether oxygens (including phenoxy) is 1. The molecule has 2 aliphatic rings. The largest absolute Gasteiger partial charge is 0.478 e. The van der Waals surface area contributed by atoms with E-state index < -0.39 is 0 Å². The molecule has 0 aromatic carbocycles. The fourth-order valence-corrected chi connectivity index (χ4v) is 5.74. The van der Waals surface area contributed by atoms with Gasteiger partial charge in [0.2, 0.25) is 11.8 Å². The summed E-state index contributed by atoms with van der Waals surface area (Å²) in [5, 5.41) is 4.27. The first-order valence-corrected chi connectivity index (χ1v) is 12.9. The third-order valence-corrected chi connectivity index (χ3v) is 7.68. The van der Waals surface area contributed by atoms with Crippen molar-refractivity contribution < 1.29 is 9.53 Å². The van der Waals surface area contributed by atoms with E-state index in [1.165, 1.54) is 37.1 Å². The van der Waals surface area contributed by atoms with Crippen LogP contribution >= 0.6 is 11.3 Å². The van der Waals surface area contributed by atoms with Gasteiger partial charge in [0.1, 0.15) is 0 Å². The van der Waals surface area contributed by atoms with Crippen molar-refractivity contribution in [1.29, 1.82) is 0 Å². The summed E-state index contributed by atoms with van der Waals surface area (Å²) in [7, 11) is 0. The lowest BCUT2D eigenvalue weighted by molar-refractivity contribution is -0.121. The maximum Gasteiger partial charge on any atom is 0.225 e. The van der Waals surface area contributed by atoms with Crippen LogP contribution in [0.3, 0.4) is 0 Å². The lowest BCUT2D eigenvalue weighted by Crippen LogP contribution is -2.38. The number of pyridine rings is 1. The van der Waals surface area contributed by atoms with Gasteiger partial charge in [-0.25, -0.2) is 9.97 Å². The molecule has 1 N–H and O–H groups in total. The second kappa shape index (κ2) is 11.2. The molecule has 174 valence electrons. The zero-order chi connectivity index (χ0) is 22.3. The maximum atomic E-state index is 12.3. The minimum absolute atomic E-state index is 0.141. The molecule has 1 amide bonds.